The van der Waals surface area contributed by atoms with Gasteiger partial charge in [-0.05, 0) is 59.7 Å². The average molecular weight is 811 g/mol. The zero-order valence-electron chi connectivity index (χ0n) is 34.3. The van der Waals surface area contributed by atoms with Gasteiger partial charge in [0.2, 0.25) is 11.8 Å². The lowest BCUT2D eigenvalue weighted by molar-refractivity contribution is -0.136. The first-order chi connectivity index (χ1) is 27.9. The largest absolute Gasteiger partial charge is 0.453 e. The first-order valence-electron chi connectivity index (χ1n) is 19.9. The number of nitrogens with one attached hydrogen (secondary N) is 4. The van der Waals surface area contributed by atoms with Crippen LogP contribution in [0.3, 0.4) is 0 Å². The van der Waals surface area contributed by atoms with Crippen molar-refractivity contribution >= 4 is 45.4 Å². The summed E-state index contributed by atoms with van der Waals surface area (Å²) in [5, 5.41) is 6.54. The van der Waals surface area contributed by atoms with Crippen LogP contribution in [0.25, 0.3) is 43.0 Å². The Labute approximate surface area is 343 Å². The predicted molar refractivity (Wildman–Crippen MR) is 225 cm³/mol. The maximum Gasteiger partial charge on any atom is 0.407 e. The molecule has 0 saturated carbocycles. The van der Waals surface area contributed by atoms with Gasteiger partial charge in [0, 0.05) is 28.2 Å². The molecule has 4 heterocycles. The van der Waals surface area contributed by atoms with Crippen LogP contribution in [-0.2, 0) is 25.6 Å². The lowest BCUT2D eigenvalue weighted by atomic mass is 10.0. The van der Waals surface area contributed by atoms with E-state index in [2.05, 4.69) is 81.0 Å². The molecule has 3 aromatic heterocycles. The van der Waals surface area contributed by atoms with Crippen LogP contribution in [0.1, 0.15) is 78.0 Å². The second kappa shape index (κ2) is 18.7. The molecule has 0 aliphatic carbocycles. The van der Waals surface area contributed by atoms with Gasteiger partial charge in [-0.25, -0.2) is 19.6 Å². The highest BCUT2D eigenvalue weighted by Crippen LogP contribution is 2.37. The summed E-state index contributed by atoms with van der Waals surface area (Å²) >= 11 is 1.72. The Balaban J connectivity index is 1.14. The molecule has 5 aromatic rings. The van der Waals surface area contributed by atoms with Gasteiger partial charge in [0.25, 0.3) is 0 Å². The maximum absolute atomic E-state index is 13.6. The molecule has 4 N–H and O–H groups in total. The lowest BCUT2D eigenvalue weighted by Crippen LogP contribution is -2.51. The van der Waals surface area contributed by atoms with Crippen molar-refractivity contribution in [1.82, 2.24) is 40.4 Å². The smallest absolute Gasteiger partial charge is 0.407 e. The van der Waals surface area contributed by atoms with Crippen LogP contribution in [0.15, 0.2) is 60.9 Å². The summed E-state index contributed by atoms with van der Waals surface area (Å²) in [7, 11) is 2.58. The van der Waals surface area contributed by atoms with Crippen LogP contribution < -0.4 is 10.6 Å². The number of methoxy groups -OCH3 is 2. The summed E-state index contributed by atoms with van der Waals surface area (Å²) in [6, 6.07) is 15.3. The number of rotatable bonds is 15. The topological polar surface area (TPSA) is 175 Å². The molecule has 14 nitrogen and oxygen atoms in total. The number of fused-ring (bicyclic) bond motifs is 1. The number of hydrogen-bond acceptors (Lipinski definition) is 9. The maximum atomic E-state index is 13.6. The van der Waals surface area contributed by atoms with Crippen LogP contribution in [0.2, 0.25) is 0 Å². The van der Waals surface area contributed by atoms with Gasteiger partial charge in [-0.3, -0.25) is 9.59 Å². The average Bonchev–Trinajstić information content (AvgIpc) is 4.06. The van der Waals surface area contributed by atoms with Crippen molar-refractivity contribution in [3.8, 4) is 33.0 Å². The molecular weight excluding hydrogens is 757 g/mol. The Morgan fingerprint density at radius 1 is 0.862 bits per heavy atom. The van der Waals surface area contributed by atoms with Crippen molar-refractivity contribution in [2.75, 3.05) is 27.3 Å². The number of thiophene rings is 1. The highest BCUT2D eigenvalue weighted by atomic mass is 32.1. The number of carbonyl (C=O) groups excluding carboxylic acids is 4. The number of carbonyl (C=O) groups is 4. The van der Waals surface area contributed by atoms with Crippen LogP contribution in [0, 0.1) is 11.8 Å². The van der Waals surface area contributed by atoms with E-state index in [1.807, 2.05) is 38.8 Å². The van der Waals surface area contributed by atoms with E-state index >= 15 is 0 Å². The number of likely N-dealkylation sites (tertiary alicyclic amines) is 1. The molecule has 1 fully saturated rings. The monoisotopic (exact) mass is 810 g/mol. The van der Waals surface area contributed by atoms with Crippen molar-refractivity contribution in [3.05, 3.63) is 72.6 Å². The second-order valence-corrected chi connectivity index (χ2v) is 16.5. The summed E-state index contributed by atoms with van der Waals surface area (Å²) in [5.41, 5.74) is 4.79. The number of imidazole rings is 2. The Kier molecular flexibility index (Phi) is 13.5. The van der Waals surface area contributed by atoms with Crippen LogP contribution in [0.5, 0.6) is 0 Å². The first kappa shape index (κ1) is 41.9. The number of amides is 4. The van der Waals surface area contributed by atoms with Crippen LogP contribution in [0.4, 0.5) is 9.59 Å². The van der Waals surface area contributed by atoms with Crippen LogP contribution in [-0.4, -0.2) is 93.1 Å². The van der Waals surface area contributed by atoms with Gasteiger partial charge in [0.1, 0.15) is 23.7 Å². The van der Waals surface area contributed by atoms with Gasteiger partial charge in [0.05, 0.1) is 50.6 Å². The normalized spacial score (nSPS) is 15.1. The Morgan fingerprint density at radius 2 is 1.50 bits per heavy atom. The van der Waals surface area contributed by atoms with E-state index in [0.717, 1.165) is 74.5 Å². The van der Waals surface area contributed by atoms with Crippen molar-refractivity contribution in [1.29, 1.82) is 0 Å². The van der Waals surface area contributed by atoms with E-state index in [9.17, 15) is 19.2 Å². The van der Waals surface area contributed by atoms with Crippen molar-refractivity contribution in [2.45, 2.75) is 85.0 Å². The molecule has 0 radical (unpaired) electrons. The number of unbranched alkanes of at least 4 members (excludes halogenated alkanes) is 1. The van der Waals surface area contributed by atoms with E-state index in [0.29, 0.717) is 25.5 Å². The number of alkyl carbamates (subject to hydrolysis) is 2. The molecule has 1 aliphatic heterocycles. The van der Waals surface area contributed by atoms with E-state index in [1.54, 1.807) is 22.4 Å². The quantitative estimate of drug-likeness (QED) is 0.0826. The van der Waals surface area contributed by atoms with Crippen molar-refractivity contribution < 1.29 is 28.7 Å². The van der Waals surface area contributed by atoms with Gasteiger partial charge in [-0.1, -0.05) is 77.4 Å². The molecule has 0 bridgehead atoms. The summed E-state index contributed by atoms with van der Waals surface area (Å²) < 4.78 is 10.7. The molecule has 2 aromatic carbocycles. The number of nitrogens with zero attached hydrogens (tertiary/aromatic N) is 4. The number of benzene rings is 2. The molecule has 6 rings (SSSR count). The van der Waals surface area contributed by atoms with E-state index < -0.39 is 24.3 Å². The van der Waals surface area contributed by atoms with E-state index in [4.69, 9.17) is 14.5 Å². The molecule has 1 aliphatic rings. The van der Waals surface area contributed by atoms with Crippen molar-refractivity contribution in [2.24, 2.45) is 11.8 Å². The van der Waals surface area contributed by atoms with Crippen LogP contribution >= 0.6 is 11.3 Å². The van der Waals surface area contributed by atoms with Gasteiger partial charge in [-0.2, -0.15) is 0 Å². The number of aromatic nitrogens is 4. The SMILES string of the molecule is CCCCN(Cc1ncc(-c2ccc(-c3cc4ccc(-c5cnc([C@@H]6CCCN6C(=O)[C@@H](NC(=O)OC)C(C)C)[nH]5)cc4s3)cc2)[nH]1)C(=O)[C@@H](NC(=O)OC)C(C)C. The number of hydrogen-bond donors (Lipinski definition) is 4. The minimum absolute atomic E-state index is 0.106. The van der Waals surface area contributed by atoms with E-state index in [-0.39, 0.29) is 29.7 Å². The fourth-order valence-electron chi connectivity index (χ4n) is 7.28. The van der Waals surface area contributed by atoms with Gasteiger partial charge in [0.15, 0.2) is 0 Å². The molecule has 0 spiro atoms. The highest BCUT2D eigenvalue weighted by Gasteiger charge is 2.37. The predicted octanol–water partition coefficient (Wildman–Crippen LogP) is 7.90. The molecule has 1 saturated heterocycles. The number of aromatic amines is 2. The Hall–Kier alpha value is -5.70. The minimum Gasteiger partial charge on any atom is -0.453 e. The Morgan fingerprint density at radius 3 is 2.17 bits per heavy atom. The zero-order valence-corrected chi connectivity index (χ0v) is 35.1. The third-order valence-electron chi connectivity index (χ3n) is 10.6. The third-order valence-corrected chi connectivity index (χ3v) is 11.8. The zero-order chi connectivity index (χ0) is 41.5. The first-order valence-corrected chi connectivity index (χ1v) is 20.7. The summed E-state index contributed by atoms with van der Waals surface area (Å²) in [6.45, 7) is 11.1. The van der Waals surface area contributed by atoms with Gasteiger partial charge >= 0.3 is 12.2 Å². The number of ether oxygens (including phenoxy) is 2. The third kappa shape index (κ3) is 9.52. The number of H-pyrrole nitrogens is 2. The summed E-state index contributed by atoms with van der Waals surface area (Å²) in [6.07, 6.45) is 5.73. The molecule has 58 heavy (non-hydrogen) atoms. The highest BCUT2D eigenvalue weighted by molar-refractivity contribution is 7.22. The lowest BCUT2D eigenvalue weighted by Gasteiger charge is -2.30. The molecule has 308 valence electrons. The molecule has 4 amide bonds. The minimum atomic E-state index is -0.709. The molecule has 3 atom stereocenters. The Bertz CT molecular complexity index is 2210. The van der Waals surface area contributed by atoms with Gasteiger partial charge in [-0.15, -0.1) is 11.3 Å². The van der Waals surface area contributed by atoms with Crippen molar-refractivity contribution in [3.63, 3.8) is 0 Å². The summed E-state index contributed by atoms with van der Waals surface area (Å²) in [4.78, 5) is 72.0. The molecular formula is C43H54N8O6S. The summed E-state index contributed by atoms with van der Waals surface area (Å²) in [5.74, 6) is 0.859. The molecule has 15 heteroatoms. The standard InChI is InChI=1S/C43H54N8O6S/c1-8-9-18-50(40(52)37(25(2)3)48-42(54)56-6)24-36-44-22-31(46-36)27-12-14-28(15-13-27)34-21-30-17-16-29(20-35(30)58-34)32-23-45-39(47-32)33-11-10-19-51(33)41(53)38(26(4)5)49-43(55)57-7/h12-17,20-23,25-26,33,37-38H,8-11,18-19,24H2,1-7H3,(H,44,46)(H,45,47)(H,48,54)(H,49,55)/t33-,37-,38-/m0/s1. The second-order valence-electron chi connectivity index (χ2n) is 15.4. The van der Waals surface area contributed by atoms with Gasteiger partial charge < -0.3 is 39.9 Å². The fraction of sp³-hybridized carbons (Fsp3) is 0.442. The van der Waals surface area contributed by atoms with E-state index in [1.165, 1.54) is 14.2 Å². The fourth-order valence-corrected chi connectivity index (χ4v) is 8.39. The molecule has 0 unspecified atom stereocenters.